The summed E-state index contributed by atoms with van der Waals surface area (Å²) in [4.78, 5) is 26.9. The third-order valence-corrected chi connectivity index (χ3v) is 5.78. The molecule has 3 aromatic rings. The van der Waals surface area contributed by atoms with Crippen molar-refractivity contribution in [3.05, 3.63) is 79.2 Å². The number of carbonyl (C=O) groups excluding carboxylic acids is 2. The fourth-order valence-corrected chi connectivity index (χ4v) is 3.92. The highest BCUT2D eigenvalue weighted by molar-refractivity contribution is 7.16. The highest BCUT2D eigenvalue weighted by atomic mass is 32.1. The van der Waals surface area contributed by atoms with Crippen LogP contribution in [0.3, 0.4) is 0 Å². The monoisotopic (exact) mass is 355 g/mol. The third kappa shape index (κ3) is 3.63. The van der Waals surface area contributed by atoms with E-state index in [2.05, 4.69) is 5.32 Å². The molecule has 0 bridgehead atoms. The van der Waals surface area contributed by atoms with E-state index in [1.807, 2.05) is 61.7 Å². The Bertz CT molecular complexity index is 879. The van der Waals surface area contributed by atoms with E-state index in [0.29, 0.717) is 17.0 Å². The van der Waals surface area contributed by atoms with Crippen molar-refractivity contribution < 1.29 is 9.59 Å². The maximum absolute atomic E-state index is 12.3. The lowest BCUT2D eigenvalue weighted by atomic mass is 10.1. The Morgan fingerprint density at radius 2 is 1.83 bits per heavy atom. The number of aryl methyl sites for hydroxylation is 2. The lowest BCUT2D eigenvalue weighted by Gasteiger charge is -2.06. The Balaban J connectivity index is 1.64. The van der Waals surface area contributed by atoms with Gasteiger partial charge in [-0.1, -0.05) is 12.1 Å². The van der Waals surface area contributed by atoms with Crippen molar-refractivity contribution in [1.82, 2.24) is 5.32 Å². The number of nitrogens with one attached hydrogen (secondary N) is 1. The number of rotatable bonds is 5. The van der Waals surface area contributed by atoms with Crippen molar-refractivity contribution in [2.24, 2.45) is 0 Å². The summed E-state index contributed by atoms with van der Waals surface area (Å²) in [5.41, 5.74) is 2.92. The minimum absolute atomic E-state index is 0.0433. The molecule has 24 heavy (non-hydrogen) atoms. The minimum Gasteiger partial charge on any atom is -0.347 e. The zero-order chi connectivity index (χ0) is 17.1. The van der Waals surface area contributed by atoms with Crippen molar-refractivity contribution in [2.75, 3.05) is 0 Å². The molecule has 0 atom stereocenters. The molecule has 1 aromatic carbocycles. The Kier molecular flexibility index (Phi) is 4.92. The average Bonchev–Trinajstić information content (AvgIpc) is 3.26. The molecule has 3 nitrogen and oxygen atoms in total. The molecule has 5 heteroatoms. The van der Waals surface area contributed by atoms with Gasteiger partial charge in [0.1, 0.15) is 0 Å². The number of hydrogen-bond acceptors (Lipinski definition) is 4. The second-order valence-corrected chi connectivity index (χ2v) is 7.67. The molecule has 0 aliphatic rings. The van der Waals surface area contributed by atoms with Crippen LogP contribution in [0.4, 0.5) is 0 Å². The smallest absolute Gasteiger partial charge is 0.251 e. The summed E-state index contributed by atoms with van der Waals surface area (Å²) in [6.45, 7) is 4.44. The van der Waals surface area contributed by atoms with Crippen molar-refractivity contribution in [3.63, 3.8) is 0 Å². The number of benzene rings is 1. The number of carbonyl (C=O) groups is 2. The average molecular weight is 355 g/mol. The molecule has 0 saturated heterocycles. The van der Waals surface area contributed by atoms with Crippen LogP contribution in [0.5, 0.6) is 0 Å². The van der Waals surface area contributed by atoms with Gasteiger partial charge >= 0.3 is 0 Å². The third-order valence-electron chi connectivity index (χ3n) is 3.82. The molecule has 0 saturated carbocycles. The summed E-state index contributed by atoms with van der Waals surface area (Å²) >= 11 is 2.86. The van der Waals surface area contributed by atoms with Crippen LogP contribution >= 0.6 is 22.7 Å². The van der Waals surface area contributed by atoms with E-state index in [1.54, 1.807) is 0 Å². The molecule has 0 spiro atoms. The molecular weight excluding hydrogens is 338 g/mol. The van der Waals surface area contributed by atoms with Crippen LogP contribution in [0.2, 0.25) is 0 Å². The van der Waals surface area contributed by atoms with Gasteiger partial charge in [0.15, 0.2) is 0 Å². The van der Waals surface area contributed by atoms with Gasteiger partial charge in [0.2, 0.25) is 5.78 Å². The second kappa shape index (κ2) is 7.11. The van der Waals surface area contributed by atoms with E-state index in [1.165, 1.54) is 28.2 Å². The topological polar surface area (TPSA) is 46.2 Å². The SMILES string of the molecule is Cc1ccc(C(=O)NCc2ccc(C(=O)c3cccs3)s2)cc1C. The van der Waals surface area contributed by atoms with Crippen molar-refractivity contribution in [2.45, 2.75) is 20.4 Å². The van der Waals surface area contributed by atoms with Crippen LogP contribution in [0.25, 0.3) is 0 Å². The Hall–Kier alpha value is -2.24. The number of thiophene rings is 2. The van der Waals surface area contributed by atoms with E-state index in [0.717, 1.165) is 15.3 Å². The zero-order valence-electron chi connectivity index (χ0n) is 13.5. The fraction of sp³-hybridized carbons (Fsp3) is 0.158. The van der Waals surface area contributed by atoms with Crippen LogP contribution in [-0.2, 0) is 6.54 Å². The number of ketones is 1. The molecule has 1 amide bonds. The van der Waals surface area contributed by atoms with Gasteiger partial charge in [-0.15, -0.1) is 22.7 Å². The van der Waals surface area contributed by atoms with Crippen LogP contribution < -0.4 is 5.32 Å². The molecule has 0 aliphatic heterocycles. The Morgan fingerprint density at radius 1 is 1.00 bits per heavy atom. The highest BCUT2D eigenvalue weighted by Gasteiger charge is 2.13. The van der Waals surface area contributed by atoms with E-state index in [-0.39, 0.29) is 11.7 Å². The lowest BCUT2D eigenvalue weighted by Crippen LogP contribution is -2.22. The van der Waals surface area contributed by atoms with Crippen molar-refractivity contribution in [3.8, 4) is 0 Å². The van der Waals surface area contributed by atoms with E-state index >= 15 is 0 Å². The molecule has 2 heterocycles. The first-order valence-electron chi connectivity index (χ1n) is 7.57. The lowest BCUT2D eigenvalue weighted by molar-refractivity contribution is 0.0950. The maximum atomic E-state index is 12.3. The predicted molar refractivity (Wildman–Crippen MR) is 99.2 cm³/mol. The Morgan fingerprint density at radius 3 is 2.54 bits per heavy atom. The Labute approximate surface area is 149 Å². The van der Waals surface area contributed by atoms with Crippen molar-refractivity contribution >= 4 is 34.4 Å². The largest absolute Gasteiger partial charge is 0.347 e. The summed E-state index contributed by atoms with van der Waals surface area (Å²) in [5.74, 6) is -0.0561. The van der Waals surface area contributed by atoms with Gasteiger partial charge in [-0.3, -0.25) is 9.59 Å². The molecule has 0 fully saturated rings. The molecule has 0 unspecified atom stereocenters. The molecular formula is C19H17NO2S2. The summed E-state index contributed by atoms with van der Waals surface area (Å²) in [5, 5.41) is 4.81. The van der Waals surface area contributed by atoms with Crippen molar-refractivity contribution in [1.29, 1.82) is 0 Å². The fourth-order valence-electron chi connectivity index (χ4n) is 2.28. The van der Waals surface area contributed by atoms with Gasteiger partial charge in [-0.2, -0.15) is 0 Å². The number of amides is 1. The van der Waals surface area contributed by atoms with Crippen LogP contribution in [0.1, 0.15) is 40.9 Å². The summed E-state index contributed by atoms with van der Waals surface area (Å²) in [6.07, 6.45) is 0. The molecule has 1 N–H and O–H groups in total. The minimum atomic E-state index is -0.0994. The second-order valence-electron chi connectivity index (χ2n) is 5.55. The van der Waals surface area contributed by atoms with Gasteiger partial charge in [0, 0.05) is 10.4 Å². The van der Waals surface area contributed by atoms with Crippen LogP contribution in [0.15, 0.2) is 47.8 Å². The summed E-state index contributed by atoms with van der Waals surface area (Å²) in [7, 11) is 0. The molecule has 0 aliphatic carbocycles. The molecule has 0 radical (unpaired) electrons. The predicted octanol–water partition coefficient (Wildman–Crippen LogP) is 4.59. The highest BCUT2D eigenvalue weighted by Crippen LogP contribution is 2.22. The first-order chi connectivity index (χ1) is 11.5. The first-order valence-corrected chi connectivity index (χ1v) is 9.26. The van der Waals surface area contributed by atoms with E-state index < -0.39 is 0 Å². The van der Waals surface area contributed by atoms with E-state index in [4.69, 9.17) is 0 Å². The number of hydrogen-bond donors (Lipinski definition) is 1. The van der Waals surface area contributed by atoms with Gasteiger partial charge in [0.25, 0.3) is 5.91 Å². The van der Waals surface area contributed by atoms with Gasteiger partial charge in [0.05, 0.1) is 16.3 Å². The molecule has 3 rings (SSSR count). The standard InChI is InChI=1S/C19H17NO2S2/c1-12-5-6-14(10-13(12)2)19(22)20-11-15-7-8-17(24-15)18(21)16-4-3-9-23-16/h3-10H,11H2,1-2H3,(H,20,22). The normalized spacial score (nSPS) is 10.6. The quantitative estimate of drug-likeness (QED) is 0.681. The zero-order valence-corrected chi connectivity index (χ0v) is 15.1. The van der Waals surface area contributed by atoms with Gasteiger partial charge in [-0.25, -0.2) is 0 Å². The maximum Gasteiger partial charge on any atom is 0.251 e. The van der Waals surface area contributed by atoms with E-state index in [9.17, 15) is 9.59 Å². The van der Waals surface area contributed by atoms with Crippen LogP contribution in [0, 0.1) is 13.8 Å². The summed E-state index contributed by atoms with van der Waals surface area (Å²) < 4.78 is 0. The first kappa shape index (κ1) is 16.6. The molecule has 2 aromatic heterocycles. The van der Waals surface area contributed by atoms with Crippen LogP contribution in [-0.4, -0.2) is 11.7 Å². The van der Waals surface area contributed by atoms with Gasteiger partial charge in [-0.05, 0) is 60.7 Å². The van der Waals surface area contributed by atoms with Gasteiger partial charge < -0.3 is 5.32 Å². The molecule has 122 valence electrons. The summed E-state index contributed by atoms with van der Waals surface area (Å²) in [6, 6.07) is 13.1.